The molecule has 1 aromatic carbocycles. The molecule has 0 bridgehead atoms. The molecule has 2 aliphatic rings. The Morgan fingerprint density at radius 1 is 1.13 bits per heavy atom. The molecule has 0 saturated heterocycles. The highest BCUT2D eigenvalue weighted by atomic mass is 32.1. The first-order valence-electron chi connectivity index (χ1n) is 7.30. The first-order valence-corrected chi connectivity index (χ1v) is 8.03. The van der Waals surface area contributed by atoms with E-state index in [0.717, 1.165) is 28.6 Å². The number of fused-ring (bicyclic) bond motifs is 1. The molecule has 2 heterocycles. The van der Waals surface area contributed by atoms with Crippen molar-refractivity contribution in [3.63, 3.8) is 0 Å². The molecule has 5 nitrogen and oxygen atoms in total. The fraction of sp³-hybridized carbons (Fsp3) is 0.176. The molecule has 6 heteroatoms. The largest absolute Gasteiger partial charge is 0.278 e. The SMILES string of the molecule is CN1C(=O)C2=C(CCC(/C=C/c3cccc4nsnc34)=C2)C1=O. The maximum atomic E-state index is 12.1. The van der Waals surface area contributed by atoms with Crippen LogP contribution in [0.5, 0.6) is 0 Å². The first kappa shape index (κ1) is 14.0. The topological polar surface area (TPSA) is 63.2 Å². The number of hydrogen-bond donors (Lipinski definition) is 0. The predicted molar refractivity (Wildman–Crippen MR) is 88.6 cm³/mol. The van der Waals surface area contributed by atoms with Crippen molar-refractivity contribution in [1.29, 1.82) is 0 Å². The molecular formula is C17H13N3O2S. The number of carbonyl (C=O) groups excluding carboxylic acids is 2. The Balaban J connectivity index is 1.67. The Morgan fingerprint density at radius 3 is 2.87 bits per heavy atom. The van der Waals surface area contributed by atoms with E-state index in [4.69, 9.17) is 0 Å². The van der Waals surface area contributed by atoms with E-state index in [2.05, 4.69) is 8.75 Å². The molecule has 0 saturated carbocycles. The van der Waals surface area contributed by atoms with E-state index in [0.29, 0.717) is 17.6 Å². The maximum absolute atomic E-state index is 12.1. The zero-order valence-corrected chi connectivity index (χ0v) is 13.3. The van der Waals surface area contributed by atoms with Crippen LogP contribution >= 0.6 is 11.7 Å². The van der Waals surface area contributed by atoms with Crippen LogP contribution in [0, 0.1) is 0 Å². The van der Waals surface area contributed by atoms with Crippen LogP contribution in [0.3, 0.4) is 0 Å². The van der Waals surface area contributed by atoms with Gasteiger partial charge in [0.1, 0.15) is 11.0 Å². The molecule has 4 rings (SSSR count). The number of nitrogens with zero attached hydrogens (tertiary/aromatic N) is 3. The summed E-state index contributed by atoms with van der Waals surface area (Å²) in [5, 5.41) is 0. The summed E-state index contributed by atoms with van der Waals surface area (Å²) in [7, 11) is 1.53. The zero-order valence-electron chi connectivity index (χ0n) is 12.4. The molecule has 1 aromatic heterocycles. The van der Waals surface area contributed by atoms with Gasteiger partial charge in [-0.15, -0.1) is 0 Å². The fourth-order valence-electron chi connectivity index (χ4n) is 2.93. The number of amides is 2. The Labute approximate surface area is 136 Å². The highest BCUT2D eigenvalue weighted by molar-refractivity contribution is 7.00. The molecule has 0 fully saturated rings. The summed E-state index contributed by atoms with van der Waals surface area (Å²) in [5.41, 5.74) is 5.00. The molecule has 0 unspecified atom stereocenters. The third-order valence-corrected chi connectivity index (χ3v) is 4.75. The van der Waals surface area contributed by atoms with E-state index in [1.807, 2.05) is 36.4 Å². The lowest BCUT2D eigenvalue weighted by atomic mass is 9.93. The molecule has 0 atom stereocenters. The van der Waals surface area contributed by atoms with Crippen LogP contribution in [0.1, 0.15) is 18.4 Å². The Kier molecular flexibility index (Phi) is 3.20. The van der Waals surface area contributed by atoms with Gasteiger partial charge in [0.2, 0.25) is 0 Å². The third-order valence-electron chi connectivity index (χ3n) is 4.21. The summed E-state index contributed by atoms with van der Waals surface area (Å²) in [5.74, 6) is -0.371. The molecule has 1 aliphatic heterocycles. The molecule has 1 aliphatic carbocycles. The highest BCUT2D eigenvalue weighted by Gasteiger charge is 2.35. The summed E-state index contributed by atoms with van der Waals surface area (Å²) in [4.78, 5) is 25.2. The highest BCUT2D eigenvalue weighted by Crippen LogP contribution is 2.32. The second-order valence-electron chi connectivity index (χ2n) is 5.59. The van der Waals surface area contributed by atoms with E-state index in [9.17, 15) is 9.59 Å². The summed E-state index contributed by atoms with van der Waals surface area (Å²) in [6.45, 7) is 0. The van der Waals surface area contributed by atoms with Gasteiger partial charge in [0.25, 0.3) is 11.8 Å². The van der Waals surface area contributed by atoms with Crippen LogP contribution in [-0.4, -0.2) is 32.5 Å². The molecule has 23 heavy (non-hydrogen) atoms. The smallest absolute Gasteiger partial charge is 0.260 e. The van der Waals surface area contributed by atoms with Crippen LogP contribution in [0.25, 0.3) is 17.1 Å². The third kappa shape index (κ3) is 2.22. The van der Waals surface area contributed by atoms with Gasteiger partial charge in [-0.2, -0.15) is 8.75 Å². The fourth-order valence-corrected chi connectivity index (χ4v) is 3.48. The van der Waals surface area contributed by atoms with Crippen LogP contribution in [0.15, 0.2) is 47.1 Å². The second-order valence-corrected chi connectivity index (χ2v) is 6.12. The van der Waals surface area contributed by atoms with Gasteiger partial charge in [0, 0.05) is 23.8 Å². The molecular weight excluding hydrogens is 310 g/mol. The first-order chi connectivity index (χ1) is 11.1. The molecule has 0 radical (unpaired) electrons. The quantitative estimate of drug-likeness (QED) is 0.797. The Hall–Kier alpha value is -2.60. The zero-order chi connectivity index (χ0) is 16.0. The normalized spacial score (nSPS) is 18.3. The van der Waals surface area contributed by atoms with Crippen LogP contribution in [0.4, 0.5) is 0 Å². The molecule has 114 valence electrons. The minimum atomic E-state index is -0.207. The van der Waals surface area contributed by atoms with Crippen LogP contribution in [0.2, 0.25) is 0 Å². The van der Waals surface area contributed by atoms with Gasteiger partial charge < -0.3 is 0 Å². The lowest BCUT2D eigenvalue weighted by Gasteiger charge is -2.09. The average molecular weight is 323 g/mol. The number of aromatic nitrogens is 2. The standard InChI is InChI=1S/C17H13N3O2S/c1-20-16(21)12-8-6-10(9-13(12)17(20)22)5-7-11-3-2-4-14-15(11)19-23-18-14/h2-5,7,9H,6,8H2,1H3/b7-5+. The summed E-state index contributed by atoms with van der Waals surface area (Å²) in [6, 6.07) is 5.88. The van der Waals surface area contributed by atoms with Gasteiger partial charge in [-0.3, -0.25) is 14.5 Å². The van der Waals surface area contributed by atoms with Crippen molar-refractivity contribution < 1.29 is 9.59 Å². The number of likely N-dealkylation sites (N-methyl/N-ethyl adjacent to an activating group) is 1. The van der Waals surface area contributed by atoms with E-state index in [1.54, 1.807) is 0 Å². The van der Waals surface area contributed by atoms with Crippen molar-refractivity contribution in [3.8, 4) is 0 Å². The van der Waals surface area contributed by atoms with Gasteiger partial charge >= 0.3 is 0 Å². The van der Waals surface area contributed by atoms with Gasteiger partial charge in [-0.05, 0) is 30.6 Å². The van der Waals surface area contributed by atoms with Crippen molar-refractivity contribution in [2.75, 3.05) is 7.05 Å². The predicted octanol–water partition coefficient (Wildman–Crippen LogP) is 2.72. The van der Waals surface area contributed by atoms with Crippen molar-refractivity contribution in [1.82, 2.24) is 13.6 Å². The van der Waals surface area contributed by atoms with Crippen molar-refractivity contribution in [2.24, 2.45) is 0 Å². The van der Waals surface area contributed by atoms with Crippen molar-refractivity contribution >= 4 is 40.7 Å². The minimum absolute atomic E-state index is 0.164. The van der Waals surface area contributed by atoms with Gasteiger partial charge in [0.15, 0.2) is 0 Å². The molecule has 2 aromatic rings. The number of hydrogen-bond acceptors (Lipinski definition) is 5. The number of imide groups is 1. The second kappa shape index (κ2) is 5.24. The molecule has 0 spiro atoms. The Morgan fingerprint density at radius 2 is 2.00 bits per heavy atom. The van der Waals surface area contributed by atoms with Crippen LogP contribution < -0.4 is 0 Å². The van der Waals surface area contributed by atoms with E-state index >= 15 is 0 Å². The molecule has 0 N–H and O–H groups in total. The van der Waals surface area contributed by atoms with Crippen molar-refractivity contribution in [3.05, 3.63) is 52.6 Å². The summed E-state index contributed by atoms with van der Waals surface area (Å²) in [6.07, 6.45) is 7.19. The number of rotatable bonds is 2. The van der Waals surface area contributed by atoms with Crippen molar-refractivity contribution in [2.45, 2.75) is 12.8 Å². The number of carbonyl (C=O) groups is 2. The lowest BCUT2D eigenvalue weighted by molar-refractivity contribution is -0.135. The van der Waals surface area contributed by atoms with Gasteiger partial charge in [-0.1, -0.05) is 24.3 Å². The number of allylic oxidation sites excluding steroid dienone is 2. The molecule has 2 amide bonds. The van der Waals surface area contributed by atoms with E-state index < -0.39 is 0 Å². The van der Waals surface area contributed by atoms with Gasteiger partial charge in [0.05, 0.1) is 11.7 Å². The maximum Gasteiger partial charge on any atom is 0.260 e. The monoisotopic (exact) mass is 323 g/mol. The van der Waals surface area contributed by atoms with Gasteiger partial charge in [-0.25, -0.2) is 0 Å². The van der Waals surface area contributed by atoms with E-state index in [-0.39, 0.29) is 11.8 Å². The Bertz CT molecular complexity index is 936. The minimum Gasteiger partial charge on any atom is -0.278 e. The van der Waals surface area contributed by atoms with Crippen LogP contribution in [-0.2, 0) is 9.59 Å². The summed E-state index contributed by atoms with van der Waals surface area (Å²) < 4.78 is 8.54. The lowest BCUT2D eigenvalue weighted by Crippen LogP contribution is -2.26. The van der Waals surface area contributed by atoms with E-state index in [1.165, 1.54) is 23.7 Å². The summed E-state index contributed by atoms with van der Waals surface area (Å²) >= 11 is 1.20. The number of benzene rings is 1. The average Bonchev–Trinajstić information content (AvgIpc) is 3.13.